The highest BCUT2D eigenvalue weighted by molar-refractivity contribution is 7.99. The number of nitrogens with zero attached hydrogens (tertiary/aromatic N) is 2. The quantitative estimate of drug-likeness (QED) is 0.767. The number of thioether (sulfide) groups is 1. The van der Waals surface area contributed by atoms with Crippen LogP contribution in [0.5, 0.6) is 0 Å². The zero-order valence-corrected chi connectivity index (χ0v) is 11.5. The first-order valence-electron chi connectivity index (χ1n) is 5.13. The molecule has 2 rings (SSSR count). The van der Waals surface area contributed by atoms with E-state index in [1.807, 2.05) is 18.2 Å². The Hall–Kier alpha value is -1.21. The first-order chi connectivity index (χ1) is 8.70. The lowest BCUT2D eigenvalue weighted by Gasteiger charge is -2.10. The molecule has 0 fully saturated rings. The highest BCUT2D eigenvalue weighted by Gasteiger charge is 2.16. The smallest absolute Gasteiger partial charge is 0.124 e. The molecule has 90 valence electrons. The monoisotopic (exact) mass is 294 g/mol. The summed E-state index contributed by atoms with van der Waals surface area (Å²) >= 11 is 13.3. The molecule has 0 aliphatic carbocycles. The van der Waals surface area contributed by atoms with Crippen LogP contribution in [0.15, 0.2) is 47.6 Å². The summed E-state index contributed by atoms with van der Waals surface area (Å²) in [5.74, 6) is 0. The summed E-state index contributed by atoms with van der Waals surface area (Å²) in [6.07, 6.45) is 1.69. The van der Waals surface area contributed by atoms with Gasteiger partial charge < -0.3 is 0 Å². The molecule has 0 saturated carbocycles. The largest absolute Gasteiger partial charge is 0.250 e. The lowest BCUT2D eigenvalue weighted by Crippen LogP contribution is -1.93. The van der Waals surface area contributed by atoms with Gasteiger partial charge in [0.05, 0.1) is 11.1 Å². The molecule has 0 bridgehead atoms. The van der Waals surface area contributed by atoms with Gasteiger partial charge in [-0.15, -0.1) is 0 Å². The average Bonchev–Trinajstić information content (AvgIpc) is 2.38. The van der Waals surface area contributed by atoms with E-state index in [4.69, 9.17) is 23.2 Å². The molecule has 1 aromatic carbocycles. The van der Waals surface area contributed by atoms with E-state index in [2.05, 4.69) is 11.1 Å². The standard InChI is InChI=1S/C13H8Cl2N2S/c14-9-4-5-10(11(15)7-9)12(8-16)18-13-3-1-2-6-17-13/h1-7,12H/t12-/m1/s1. The van der Waals surface area contributed by atoms with Crippen molar-refractivity contribution >= 4 is 35.0 Å². The molecule has 2 aromatic rings. The molecular formula is C13H8Cl2N2S. The van der Waals surface area contributed by atoms with Crippen molar-refractivity contribution in [3.8, 4) is 6.07 Å². The van der Waals surface area contributed by atoms with Crippen LogP contribution in [0.2, 0.25) is 10.0 Å². The van der Waals surface area contributed by atoms with Crippen LogP contribution in [0.3, 0.4) is 0 Å². The molecule has 1 atom stereocenters. The molecular weight excluding hydrogens is 287 g/mol. The Morgan fingerprint density at radius 1 is 1.22 bits per heavy atom. The van der Waals surface area contributed by atoms with E-state index >= 15 is 0 Å². The van der Waals surface area contributed by atoms with E-state index in [1.54, 1.807) is 24.4 Å². The fourth-order valence-electron chi connectivity index (χ4n) is 1.41. The molecule has 0 aliphatic rings. The van der Waals surface area contributed by atoms with Crippen molar-refractivity contribution in [1.82, 2.24) is 4.98 Å². The first-order valence-corrected chi connectivity index (χ1v) is 6.76. The maximum absolute atomic E-state index is 9.24. The number of nitriles is 1. The number of benzene rings is 1. The van der Waals surface area contributed by atoms with Crippen molar-refractivity contribution in [2.24, 2.45) is 0 Å². The summed E-state index contributed by atoms with van der Waals surface area (Å²) in [5, 5.41) is 10.7. The predicted octanol–water partition coefficient (Wildman–Crippen LogP) is 4.75. The van der Waals surface area contributed by atoms with E-state index in [0.717, 1.165) is 10.6 Å². The minimum atomic E-state index is -0.398. The molecule has 0 N–H and O–H groups in total. The number of aromatic nitrogens is 1. The Balaban J connectivity index is 2.27. The summed E-state index contributed by atoms with van der Waals surface area (Å²) in [4.78, 5) is 4.18. The average molecular weight is 295 g/mol. The van der Waals surface area contributed by atoms with Crippen LogP contribution in [0.4, 0.5) is 0 Å². The number of rotatable bonds is 3. The number of pyridine rings is 1. The highest BCUT2D eigenvalue weighted by atomic mass is 35.5. The normalized spacial score (nSPS) is 11.8. The molecule has 0 saturated heterocycles. The van der Waals surface area contributed by atoms with Crippen LogP contribution in [-0.4, -0.2) is 4.98 Å². The molecule has 2 nitrogen and oxygen atoms in total. The Bertz CT molecular complexity index is 581. The molecule has 0 radical (unpaired) electrons. The maximum Gasteiger partial charge on any atom is 0.124 e. The van der Waals surface area contributed by atoms with Gasteiger partial charge in [0.25, 0.3) is 0 Å². The molecule has 0 unspecified atom stereocenters. The van der Waals surface area contributed by atoms with Gasteiger partial charge in [-0.25, -0.2) is 4.98 Å². The van der Waals surface area contributed by atoms with Crippen LogP contribution in [0, 0.1) is 11.3 Å². The molecule has 1 aromatic heterocycles. The molecule has 1 heterocycles. The number of hydrogen-bond acceptors (Lipinski definition) is 3. The fraction of sp³-hybridized carbons (Fsp3) is 0.0769. The third kappa shape index (κ3) is 3.17. The van der Waals surface area contributed by atoms with Gasteiger partial charge in [0, 0.05) is 16.2 Å². The van der Waals surface area contributed by atoms with E-state index in [0.29, 0.717) is 10.0 Å². The lowest BCUT2D eigenvalue weighted by molar-refractivity contribution is 1.11. The Kier molecular flexibility index (Phi) is 4.48. The summed E-state index contributed by atoms with van der Waals surface area (Å²) in [6, 6.07) is 12.9. The van der Waals surface area contributed by atoms with Crippen LogP contribution in [-0.2, 0) is 0 Å². The fourth-order valence-corrected chi connectivity index (χ4v) is 2.90. The van der Waals surface area contributed by atoms with Gasteiger partial charge in [-0.2, -0.15) is 5.26 Å². The lowest BCUT2D eigenvalue weighted by atomic mass is 10.1. The van der Waals surface area contributed by atoms with E-state index in [1.165, 1.54) is 11.8 Å². The summed E-state index contributed by atoms with van der Waals surface area (Å²) in [6.45, 7) is 0. The highest BCUT2D eigenvalue weighted by Crippen LogP contribution is 2.37. The zero-order valence-electron chi connectivity index (χ0n) is 9.18. The topological polar surface area (TPSA) is 36.7 Å². The third-order valence-electron chi connectivity index (χ3n) is 2.24. The molecule has 0 spiro atoms. The van der Waals surface area contributed by atoms with Gasteiger partial charge in [0.15, 0.2) is 0 Å². The first kappa shape index (κ1) is 13.2. The van der Waals surface area contributed by atoms with E-state index in [-0.39, 0.29) is 0 Å². The van der Waals surface area contributed by atoms with Gasteiger partial charge in [0.2, 0.25) is 0 Å². The van der Waals surface area contributed by atoms with Crippen LogP contribution >= 0.6 is 35.0 Å². The second-order valence-corrected chi connectivity index (χ2v) is 5.43. The Morgan fingerprint density at radius 3 is 2.67 bits per heavy atom. The van der Waals surface area contributed by atoms with E-state index in [9.17, 15) is 5.26 Å². The second-order valence-electron chi connectivity index (χ2n) is 3.46. The van der Waals surface area contributed by atoms with Crippen molar-refractivity contribution in [3.63, 3.8) is 0 Å². The second kappa shape index (κ2) is 6.10. The van der Waals surface area contributed by atoms with Gasteiger partial charge in [-0.05, 0) is 29.8 Å². The summed E-state index contributed by atoms with van der Waals surface area (Å²) in [5.41, 5.74) is 0.749. The minimum Gasteiger partial charge on any atom is -0.250 e. The van der Waals surface area contributed by atoms with Crippen molar-refractivity contribution in [2.45, 2.75) is 10.3 Å². The maximum atomic E-state index is 9.24. The van der Waals surface area contributed by atoms with Crippen molar-refractivity contribution in [2.75, 3.05) is 0 Å². The molecule has 18 heavy (non-hydrogen) atoms. The Morgan fingerprint density at radius 2 is 2.06 bits per heavy atom. The third-order valence-corrected chi connectivity index (χ3v) is 3.88. The molecule has 5 heteroatoms. The van der Waals surface area contributed by atoms with Crippen molar-refractivity contribution in [1.29, 1.82) is 5.26 Å². The SMILES string of the molecule is N#C[C@@H](Sc1ccccn1)c1ccc(Cl)cc1Cl. The molecule has 0 amide bonds. The van der Waals surface area contributed by atoms with E-state index < -0.39 is 5.25 Å². The number of halogens is 2. The predicted molar refractivity (Wildman–Crippen MR) is 74.9 cm³/mol. The van der Waals surface area contributed by atoms with Crippen LogP contribution in [0.25, 0.3) is 0 Å². The number of hydrogen-bond donors (Lipinski definition) is 0. The minimum absolute atomic E-state index is 0.398. The van der Waals surface area contributed by atoms with Crippen LogP contribution in [0.1, 0.15) is 10.8 Å². The zero-order chi connectivity index (χ0) is 13.0. The van der Waals surface area contributed by atoms with Gasteiger partial charge >= 0.3 is 0 Å². The van der Waals surface area contributed by atoms with Crippen molar-refractivity contribution < 1.29 is 0 Å². The van der Waals surface area contributed by atoms with Crippen LogP contribution < -0.4 is 0 Å². The van der Waals surface area contributed by atoms with Gasteiger partial charge in [0.1, 0.15) is 5.25 Å². The van der Waals surface area contributed by atoms with Gasteiger partial charge in [-0.1, -0.05) is 47.1 Å². The molecule has 0 aliphatic heterocycles. The van der Waals surface area contributed by atoms with Gasteiger partial charge in [-0.3, -0.25) is 0 Å². The summed E-state index contributed by atoms with van der Waals surface area (Å²) in [7, 11) is 0. The van der Waals surface area contributed by atoms with Crippen molar-refractivity contribution in [3.05, 3.63) is 58.2 Å². The summed E-state index contributed by atoms with van der Waals surface area (Å²) < 4.78 is 0. The Labute approximate surface area is 120 Å².